The number of methoxy groups -OCH3 is 1. The van der Waals surface area contributed by atoms with Crippen LogP contribution in [0.3, 0.4) is 0 Å². The standard InChI is InChI=1S/C9H8N2O4/c1-15-9-5-4-8(11(13)14)7(10-9)3-2-6-12/h2-6H,1H3. The second-order valence-corrected chi connectivity index (χ2v) is 2.51. The summed E-state index contributed by atoms with van der Waals surface area (Å²) >= 11 is 0. The van der Waals surface area contributed by atoms with Gasteiger partial charge < -0.3 is 4.74 Å². The first-order valence-electron chi connectivity index (χ1n) is 4.00. The van der Waals surface area contributed by atoms with Gasteiger partial charge in [-0.2, -0.15) is 0 Å². The van der Waals surface area contributed by atoms with E-state index in [1.807, 2.05) is 0 Å². The summed E-state index contributed by atoms with van der Waals surface area (Å²) in [5.41, 5.74) is -0.0830. The van der Waals surface area contributed by atoms with Crippen molar-refractivity contribution in [3.63, 3.8) is 0 Å². The SMILES string of the molecule is COc1ccc([N+](=O)[O-])c(C=CC=O)n1. The Kier molecular flexibility index (Phi) is 3.50. The quantitative estimate of drug-likeness (QED) is 0.321. The van der Waals surface area contributed by atoms with Gasteiger partial charge in [-0.05, 0) is 12.2 Å². The average Bonchev–Trinajstić information content (AvgIpc) is 2.25. The second kappa shape index (κ2) is 4.85. The molecule has 1 heterocycles. The molecule has 0 saturated carbocycles. The van der Waals surface area contributed by atoms with E-state index in [0.29, 0.717) is 6.29 Å². The summed E-state index contributed by atoms with van der Waals surface area (Å²) < 4.78 is 4.81. The van der Waals surface area contributed by atoms with Gasteiger partial charge in [0, 0.05) is 12.1 Å². The zero-order valence-corrected chi connectivity index (χ0v) is 7.91. The minimum atomic E-state index is -0.573. The fourth-order valence-electron chi connectivity index (χ4n) is 0.970. The van der Waals surface area contributed by atoms with E-state index in [2.05, 4.69) is 4.98 Å². The topological polar surface area (TPSA) is 82.3 Å². The van der Waals surface area contributed by atoms with Crippen molar-refractivity contribution in [3.05, 3.63) is 34.0 Å². The van der Waals surface area contributed by atoms with Crippen molar-refractivity contribution in [1.29, 1.82) is 0 Å². The first-order valence-corrected chi connectivity index (χ1v) is 4.00. The molecule has 0 atom stereocenters. The van der Waals surface area contributed by atoms with Gasteiger partial charge in [-0.25, -0.2) is 4.98 Å². The molecule has 0 amide bonds. The summed E-state index contributed by atoms with van der Waals surface area (Å²) in [7, 11) is 1.40. The Morgan fingerprint density at radius 3 is 2.80 bits per heavy atom. The number of aldehydes is 1. The van der Waals surface area contributed by atoms with Crippen molar-refractivity contribution >= 4 is 18.0 Å². The largest absolute Gasteiger partial charge is 0.481 e. The molecule has 0 radical (unpaired) electrons. The van der Waals surface area contributed by atoms with Crippen molar-refractivity contribution in [2.45, 2.75) is 0 Å². The molecule has 0 spiro atoms. The summed E-state index contributed by atoms with van der Waals surface area (Å²) in [6.45, 7) is 0. The Bertz CT molecular complexity index is 415. The molecule has 78 valence electrons. The van der Waals surface area contributed by atoms with Crippen LogP contribution in [0.15, 0.2) is 18.2 Å². The molecular formula is C9H8N2O4. The molecule has 6 heteroatoms. The fraction of sp³-hybridized carbons (Fsp3) is 0.111. The number of carbonyl (C=O) groups is 1. The Balaban J connectivity index is 3.21. The van der Waals surface area contributed by atoms with Gasteiger partial charge in [0.1, 0.15) is 12.0 Å². The third-order valence-electron chi connectivity index (χ3n) is 1.62. The van der Waals surface area contributed by atoms with Crippen LogP contribution in [0.2, 0.25) is 0 Å². The molecule has 0 aliphatic carbocycles. The van der Waals surface area contributed by atoms with Crippen LogP contribution in [0.1, 0.15) is 5.69 Å². The van der Waals surface area contributed by atoms with Crippen molar-refractivity contribution in [3.8, 4) is 5.88 Å². The van der Waals surface area contributed by atoms with Gasteiger partial charge in [0.25, 0.3) is 5.69 Å². The number of nitro groups is 1. The average molecular weight is 208 g/mol. The summed E-state index contributed by atoms with van der Waals surface area (Å²) in [5, 5.41) is 10.6. The molecule has 0 aromatic carbocycles. The number of hydrogen-bond donors (Lipinski definition) is 0. The monoisotopic (exact) mass is 208 g/mol. The van der Waals surface area contributed by atoms with Crippen LogP contribution < -0.4 is 4.74 Å². The van der Waals surface area contributed by atoms with E-state index in [0.717, 1.165) is 6.08 Å². The predicted molar refractivity (Wildman–Crippen MR) is 52.5 cm³/mol. The number of hydrogen-bond acceptors (Lipinski definition) is 5. The smallest absolute Gasteiger partial charge is 0.295 e. The Labute approximate surface area is 85.3 Å². The zero-order chi connectivity index (χ0) is 11.3. The minimum absolute atomic E-state index is 0.0893. The molecule has 1 aromatic rings. The molecule has 1 aromatic heterocycles. The highest BCUT2D eigenvalue weighted by molar-refractivity contribution is 5.75. The van der Waals surface area contributed by atoms with Crippen LogP contribution >= 0.6 is 0 Å². The molecule has 0 aliphatic heterocycles. The van der Waals surface area contributed by atoms with Gasteiger partial charge in [0.2, 0.25) is 5.88 Å². The highest BCUT2D eigenvalue weighted by Crippen LogP contribution is 2.20. The normalized spacial score (nSPS) is 10.2. The third kappa shape index (κ3) is 2.60. The lowest BCUT2D eigenvalue weighted by Gasteiger charge is -2.00. The lowest BCUT2D eigenvalue weighted by Crippen LogP contribution is -1.96. The number of carbonyl (C=O) groups excluding carboxylic acids is 1. The maximum absolute atomic E-state index is 10.6. The third-order valence-corrected chi connectivity index (χ3v) is 1.62. The number of allylic oxidation sites excluding steroid dienone is 1. The number of ether oxygens (including phenoxy) is 1. The van der Waals surface area contributed by atoms with E-state index in [9.17, 15) is 14.9 Å². The molecule has 1 rings (SSSR count). The zero-order valence-electron chi connectivity index (χ0n) is 7.91. The lowest BCUT2D eigenvalue weighted by atomic mass is 10.3. The van der Waals surface area contributed by atoms with Gasteiger partial charge in [0.15, 0.2) is 0 Å². The van der Waals surface area contributed by atoms with Crippen LogP contribution in [-0.2, 0) is 4.79 Å². The van der Waals surface area contributed by atoms with Crippen LogP contribution in [0.5, 0.6) is 5.88 Å². The van der Waals surface area contributed by atoms with Crippen LogP contribution in [0.4, 0.5) is 5.69 Å². The van der Waals surface area contributed by atoms with E-state index >= 15 is 0 Å². The van der Waals surface area contributed by atoms with Crippen molar-refractivity contribution in [2.75, 3.05) is 7.11 Å². The number of pyridine rings is 1. The number of rotatable bonds is 4. The number of aromatic nitrogens is 1. The van der Waals surface area contributed by atoms with Crippen molar-refractivity contribution in [2.24, 2.45) is 0 Å². The first kappa shape index (κ1) is 10.8. The maximum atomic E-state index is 10.6. The Morgan fingerprint density at radius 1 is 1.53 bits per heavy atom. The molecule has 0 fully saturated rings. The molecule has 6 nitrogen and oxygen atoms in total. The molecule has 0 bridgehead atoms. The van der Waals surface area contributed by atoms with E-state index in [1.54, 1.807) is 0 Å². The second-order valence-electron chi connectivity index (χ2n) is 2.51. The first-order chi connectivity index (χ1) is 7.19. The summed E-state index contributed by atoms with van der Waals surface area (Å²) in [6.07, 6.45) is 2.91. The summed E-state index contributed by atoms with van der Waals surface area (Å²) in [5.74, 6) is 0.256. The van der Waals surface area contributed by atoms with Gasteiger partial charge >= 0.3 is 0 Å². The van der Waals surface area contributed by atoms with Crippen LogP contribution in [-0.4, -0.2) is 23.3 Å². The minimum Gasteiger partial charge on any atom is -0.481 e. The number of nitrogens with zero attached hydrogens (tertiary/aromatic N) is 2. The highest BCUT2D eigenvalue weighted by Gasteiger charge is 2.13. The Morgan fingerprint density at radius 2 is 2.27 bits per heavy atom. The van der Waals surface area contributed by atoms with Crippen molar-refractivity contribution in [1.82, 2.24) is 4.98 Å². The van der Waals surface area contributed by atoms with E-state index in [-0.39, 0.29) is 17.3 Å². The maximum Gasteiger partial charge on any atom is 0.295 e. The lowest BCUT2D eigenvalue weighted by molar-refractivity contribution is -0.385. The molecule has 0 aliphatic rings. The molecule has 0 saturated heterocycles. The van der Waals surface area contributed by atoms with Gasteiger partial charge in [0.05, 0.1) is 12.0 Å². The predicted octanol–water partition coefficient (Wildman–Crippen LogP) is 1.21. The highest BCUT2D eigenvalue weighted by atomic mass is 16.6. The summed E-state index contributed by atoms with van der Waals surface area (Å²) in [6, 6.07) is 2.66. The molecule has 15 heavy (non-hydrogen) atoms. The molecule has 0 N–H and O–H groups in total. The molecular weight excluding hydrogens is 200 g/mol. The van der Waals surface area contributed by atoms with Gasteiger partial charge in [-0.3, -0.25) is 14.9 Å². The van der Waals surface area contributed by atoms with E-state index in [4.69, 9.17) is 4.74 Å². The summed E-state index contributed by atoms with van der Waals surface area (Å²) in [4.78, 5) is 24.0. The van der Waals surface area contributed by atoms with Gasteiger partial charge in [-0.15, -0.1) is 0 Å². The van der Waals surface area contributed by atoms with E-state index in [1.165, 1.54) is 25.3 Å². The van der Waals surface area contributed by atoms with Crippen molar-refractivity contribution < 1.29 is 14.5 Å². The molecule has 0 unspecified atom stereocenters. The Hall–Kier alpha value is -2.24. The fourth-order valence-corrected chi connectivity index (χ4v) is 0.970. The van der Waals surface area contributed by atoms with E-state index < -0.39 is 4.92 Å². The van der Waals surface area contributed by atoms with Gasteiger partial charge in [-0.1, -0.05) is 0 Å². The van der Waals surface area contributed by atoms with Crippen LogP contribution in [0.25, 0.3) is 6.08 Å². The van der Waals surface area contributed by atoms with Crippen LogP contribution in [0, 0.1) is 10.1 Å².